The third-order valence-electron chi connectivity index (χ3n) is 2.34. The van der Waals surface area contributed by atoms with E-state index in [1.165, 1.54) is 6.42 Å². The predicted molar refractivity (Wildman–Crippen MR) is 85.4 cm³/mol. The minimum atomic E-state index is -0.201. The second-order valence-electron chi connectivity index (χ2n) is 4.44. The second kappa shape index (κ2) is 11.1. The molecule has 0 heterocycles. The van der Waals surface area contributed by atoms with Crippen LogP contribution in [0.1, 0.15) is 40.5 Å². The van der Waals surface area contributed by atoms with E-state index >= 15 is 0 Å². The third-order valence-corrected chi connectivity index (χ3v) is 2.34. The standard InChI is InChI=1S/C12H27N3O.HI/c1-6-8-9-14-11(13-7-2)15-10-12(3,4)16-5;/h6-10H2,1-5H3,(H2,13,14,15);1H. The molecular weight excluding hydrogens is 329 g/mol. The summed E-state index contributed by atoms with van der Waals surface area (Å²) in [5.41, 5.74) is -0.201. The van der Waals surface area contributed by atoms with Gasteiger partial charge in [0.2, 0.25) is 0 Å². The van der Waals surface area contributed by atoms with Gasteiger partial charge in [0.15, 0.2) is 5.96 Å². The van der Waals surface area contributed by atoms with E-state index in [0.717, 1.165) is 25.5 Å². The van der Waals surface area contributed by atoms with E-state index in [1.807, 2.05) is 13.8 Å². The Labute approximate surface area is 123 Å². The van der Waals surface area contributed by atoms with Crippen LogP contribution in [-0.4, -0.2) is 38.3 Å². The highest BCUT2D eigenvalue weighted by atomic mass is 127. The Morgan fingerprint density at radius 1 is 1.24 bits per heavy atom. The first-order valence-corrected chi connectivity index (χ1v) is 6.13. The predicted octanol–water partition coefficient (Wildman–Crippen LogP) is 2.38. The Morgan fingerprint density at radius 3 is 2.35 bits per heavy atom. The van der Waals surface area contributed by atoms with Crippen LogP contribution in [0.15, 0.2) is 4.99 Å². The molecule has 0 saturated heterocycles. The van der Waals surface area contributed by atoms with Gasteiger partial charge in [0.05, 0.1) is 12.1 Å². The first-order valence-electron chi connectivity index (χ1n) is 6.13. The molecule has 0 bridgehead atoms. The van der Waals surface area contributed by atoms with Crippen LogP contribution in [-0.2, 0) is 4.74 Å². The van der Waals surface area contributed by atoms with Crippen LogP contribution in [0.25, 0.3) is 0 Å². The quantitative estimate of drug-likeness (QED) is 0.318. The van der Waals surface area contributed by atoms with E-state index in [9.17, 15) is 0 Å². The maximum absolute atomic E-state index is 5.33. The van der Waals surface area contributed by atoms with E-state index in [1.54, 1.807) is 7.11 Å². The van der Waals surface area contributed by atoms with Crippen LogP contribution in [0.4, 0.5) is 0 Å². The van der Waals surface area contributed by atoms with Gasteiger partial charge < -0.3 is 15.4 Å². The van der Waals surface area contributed by atoms with Gasteiger partial charge in [0, 0.05) is 20.2 Å². The molecule has 0 saturated carbocycles. The second-order valence-corrected chi connectivity index (χ2v) is 4.44. The fraction of sp³-hybridized carbons (Fsp3) is 0.917. The highest BCUT2D eigenvalue weighted by Crippen LogP contribution is 2.06. The Balaban J connectivity index is 0. The van der Waals surface area contributed by atoms with Crippen molar-refractivity contribution in [1.82, 2.24) is 10.6 Å². The van der Waals surface area contributed by atoms with Gasteiger partial charge in [-0.15, -0.1) is 24.0 Å². The molecule has 4 nitrogen and oxygen atoms in total. The van der Waals surface area contributed by atoms with Gasteiger partial charge in [-0.05, 0) is 27.2 Å². The van der Waals surface area contributed by atoms with Crippen LogP contribution < -0.4 is 10.6 Å². The molecule has 0 unspecified atom stereocenters. The van der Waals surface area contributed by atoms with Crippen molar-refractivity contribution in [3.05, 3.63) is 0 Å². The number of rotatable bonds is 7. The van der Waals surface area contributed by atoms with Crippen LogP contribution in [0.2, 0.25) is 0 Å². The van der Waals surface area contributed by atoms with Gasteiger partial charge in [0.25, 0.3) is 0 Å². The number of hydrogen-bond donors (Lipinski definition) is 2. The van der Waals surface area contributed by atoms with Crippen LogP contribution >= 0.6 is 24.0 Å². The van der Waals surface area contributed by atoms with E-state index in [-0.39, 0.29) is 29.6 Å². The monoisotopic (exact) mass is 357 g/mol. The van der Waals surface area contributed by atoms with E-state index in [0.29, 0.717) is 6.54 Å². The minimum Gasteiger partial charge on any atom is -0.377 e. The zero-order valence-electron chi connectivity index (χ0n) is 11.8. The molecule has 0 radical (unpaired) electrons. The summed E-state index contributed by atoms with van der Waals surface area (Å²) in [6, 6.07) is 0. The maximum Gasteiger partial charge on any atom is 0.191 e. The number of ether oxygens (including phenoxy) is 1. The molecular formula is C12H28IN3O. The van der Waals surface area contributed by atoms with E-state index in [4.69, 9.17) is 4.74 Å². The maximum atomic E-state index is 5.33. The zero-order chi connectivity index (χ0) is 12.4. The molecule has 0 aliphatic heterocycles. The number of hydrogen-bond acceptors (Lipinski definition) is 2. The Hall–Kier alpha value is -0.0400. The lowest BCUT2D eigenvalue weighted by Gasteiger charge is -2.21. The summed E-state index contributed by atoms with van der Waals surface area (Å²) >= 11 is 0. The molecule has 0 aliphatic rings. The lowest BCUT2D eigenvalue weighted by molar-refractivity contribution is 0.0310. The fourth-order valence-corrected chi connectivity index (χ4v) is 1.06. The molecule has 2 N–H and O–H groups in total. The van der Waals surface area contributed by atoms with Gasteiger partial charge in [-0.2, -0.15) is 0 Å². The van der Waals surface area contributed by atoms with E-state index < -0.39 is 0 Å². The van der Waals surface area contributed by atoms with Gasteiger partial charge in [-0.3, -0.25) is 4.99 Å². The highest BCUT2D eigenvalue weighted by Gasteiger charge is 2.15. The number of guanidine groups is 1. The first kappa shape index (κ1) is 19.3. The molecule has 0 aromatic rings. The Morgan fingerprint density at radius 2 is 1.88 bits per heavy atom. The molecule has 5 heteroatoms. The summed E-state index contributed by atoms with van der Waals surface area (Å²) < 4.78 is 5.33. The summed E-state index contributed by atoms with van der Waals surface area (Å²) in [4.78, 5) is 4.50. The van der Waals surface area contributed by atoms with Crippen molar-refractivity contribution < 1.29 is 4.74 Å². The highest BCUT2D eigenvalue weighted by molar-refractivity contribution is 14.0. The average Bonchev–Trinajstić information content (AvgIpc) is 2.26. The third kappa shape index (κ3) is 10.8. The molecule has 0 atom stereocenters. The SMILES string of the molecule is CCCCNC(=NCC(C)(C)OC)NCC.I. The number of halogens is 1. The number of aliphatic imine (C=N–C) groups is 1. The normalized spacial score (nSPS) is 11.9. The largest absolute Gasteiger partial charge is 0.377 e. The summed E-state index contributed by atoms with van der Waals surface area (Å²) in [7, 11) is 1.72. The van der Waals surface area contributed by atoms with E-state index in [2.05, 4.69) is 29.5 Å². The molecule has 0 spiro atoms. The number of nitrogens with one attached hydrogen (secondary N) is 2. The van der Waals surface area contributed by atoms with Gasteiger partial charge in [-0.25, -0.2) is 0 Å². The Bertz CT molecular complexity index is 208. The number of methoxy groups -OCH3 is 1. The summed E-state index contributed by atoms with van der Waals surface area (Å²) in [6.07, 6.45) is 2.36. The number of unbranched alkanes of at least 4 members (excludes halogenated alkanes) is 1. The fourth-order valence-electron chi connectivity index (χ4n) is 1.06. The molecule has 17 heavy (non-hydrogen) atoms. The van der Waals surface area contributed by atoms with Crippen LogP contribution in [0, 0.1) is 0 Å². The van der Waals surface area contributed by atoms with Crippen molar-refractivity contribution >= 4 is 29.9 Å². The summed E-state index contributed by atoms with van der Waals surface area (Å²) in [5.74, 6) is 0.876. The number of nitrogens with zero attached hydrogens (tertiary/aromatic N) is 1. The first-order chi connectivity index (χ1) is 7.55. The van der Waals surface area contributed by atoms with Crippen molar-refractivity contribution in [1.29, 1.82) is 0 Å². The van der Waals surface area contributed by atoms with Crippen molar-refractivity contribution in [2.45, 2.75) is 46.1 Å². The molecule has 104 valence electrons. The van der Waals surface area contributed by atoms with Gasteiger partial charge in [-0.1, -0.05) is 13.3 Å². The van der Waals surface area contributed by atoms with Crippen LogP contribution in [0.5, 0.6) is 0 Å². The minimum absolute atomic E-state index is 0. The lowest BCUT2D eigenvalue weighted by Crippen LogP contribution is -2.39. The average molecular weight is 357 g/mol. The topological polar surface area (TPSA) is 45.7 Å². The van der Waals surface area contributed by atoms with Crippen molar-refractivity contribution in [3.63, 3.8) is 0 Å². The van der Waals surface area contributed by atoms with Crippen molar-refractivity contribution in [3.8, 4) is 0 Å². The lowest BCUT2D eigenvalue weighted by atomic mass is 10.1. The molecule has 0 aromatic carbocycles. The molecule has 0 amide bonds. The molecule has 0 rings (SSSR count). The van der Waals surface area contributed by atoms with Gasteiger partial charge >= 0.3 is 0 Å². The summed E-state index contributed by atoms with van der Waals surface area (Å²) in [6.45, 7) is 10.8. The Kier molecular flexibility index (Phi) is 12.6. The summed E-state index contributed by atoms with van der Waals surface area (Å²) in [5, 5.41) is 6.52. The van der Waals surface area contributed by atoms with Gasteiger partial charge in [0.1, 0.15) is 0 Å². The van der Waals surface area contributed by atoms with Crippen molar-refractivity contribution in [2.75, 3.05) is 26.7 Å². The molecule has 0 aliphatic carbocycles. The smallest absolute Gasteiger partial charge is 0.191 e. The zero-order valence-corrected chi connectivity index (χ0v) is 14.1. The van der Waals surface area contributed by atoms with Crippen molar-refractivity contribution in [2.24, 2.45) is 4.99 Å². The molecule has 0 fully saturated rings. The molecule has 0 aromatic heterocycles. The van der Waals surface area contributed by atoms with Crippen LogP contribution in [0.3, 0.4) is 0 Å².